The predicted octanol–water partition coefficient (Wildman–Crippen LogP) is 2.35. The van der Waals surface area contributed by atoms with Crippen molar-refractivity contribution in [2.75, 3.05) is 12.4 Å². The van der Waals surface area contributed by atoms with Crippen LogP contribution in [0.5, 0.6) is 0 Å². The van der Waals surface area contributed by atoms with Crippen LogP contribution in [0.25, 0.3) is 0 Å². The molecule has 0 radical (unpaired) electrons. The van der Waals surface area contributed by atoms with Crippen molar-refractivity contribution in [2.45, 2.75) is 38.1 Å². The van der Waals surface area contributed by atoms with E-state index < -0.39 is 0 Å². The van der Waals surface area contributed by atoms with E-state index in [0.717, 1.165) is 24.4 Å². The van der Waals surface area contributed by atoms with E-state index >= 15 is 0 Å². The van der Waals surface area contributed by atoms with Crippen LogP contribution in [0.2, 0.25) is 0 Å². The fraction of sp³-hybridized carbons (Fsp3) is 0.615. The van der Waals surface area contributed by atoms with Crippen molar-refractivity contribution in [2.24, 2.45) is 11.7 Å². The lowest BCUT2D eigenvalue weighted by atomic mass is 9.76. The van der Waals surface area contributed by atoms with Gasteiger partial charge in [0.15, 0.2) is 0 Å². The van der Waals surface area contributed by atoms with E-state index in [0.29, 0.717) is 12.0 Å². The second-order valence-electron chi connectivity index (χ2n) is 4.98. The van der Waals surface area contributed by atoms with Crippen LogP contribution in [0.3, 0.4) is 0 Å². The van der Waals surface area contributed by atoms with Gasteiger partial charge in [0, 0.05) is 19.3 Å². The van der Waals surface area contributed by atoms with Gasteiger partial charge in [-0.05, 0) is 42.7 Å². The summed E-state index contributed by atoms with van der Waals surface area (Å²) in [6.07, 6.45) is 7.28. The maximum absolute atomic E-state index is 6.11. The Morgan fingerprint density at radius 1 is 1.38 bits per heavy atom. The summed E-state index contributed by atoms with van der Waals surface area (Å²) in [5.74, 6) is 1.32. The first kappa shape index (κ1) is 11.4. The van der Waals surface area contributed by atoms with Crippen molar-refractivity contribution in [1.82, 2.24) is 4.98 Å². The van der Waals surface area contributed by atoms with Gasteiger partial charge in [0.1, 0.15) is 0 Å². The number of pyridine rings is 1. The Morgan fingerprint density at radius 2 is 2.19 bits per heavy atom. The summed E-state index contributed by atoms with van der Waals surface area (Å²) in [6.45, 7) is 2.30. The quantitative estimate of drug-likeness (QED) is 0.802. The molecular weight excluding hydrogens is 198 g/mol. The number of hydrogen-bond acceptors (Lipinski definition) is 3. The highest BCUT2D eigenvalue weighted by molar-refractivity contribution is 5.50. The number of aromatic nitrogens is 1. The average molecular weight is 219 g/mol. The Kier molecular flexibility index (Phi) is 3.44. The van der Waals surface area contributed by atoms with Gasteiger partial charge in [-0.25, -0.2) is 0 Å². The molecule has 1 aliphatic carbocycles. The highest BCUT2D eigenvalue weighted by atomic mass is 14.8. The number of hydrogen-bond donors (Lipinski definition) is 2. The van der Waals surface area contributed by atoms with Crippen LogP contribution >= 0.6 is 0 Å². The monoisotopic (exact) mass is 219 g/mol. The Morgan fingerprint density at radius 3 is 2.88 bits per heavy atom. The van der Waals surface area contributed by atoms with Gasteiger partial charge in [-0.2, -0.15) is 0 Å². The van der Waals surface area contributed by atoms with E-state index in [2.05, 4.69) is 23.3 Å². The Labute approximate surface area is 97.5 Å². The lowest BCUT2D eigenvalue weighted by molar-refractivity contribution is 0.308. The highest BCUT2D eigenvalue weighted by Gasteiger charge is 2.26. The topological polar surface area (TPSA) is 50.9 Å². The van der Waals surface area contributed by atoms with Crippen LogP contribution in [0.4, 0.5) is 5.69 Å². The van der Waals surface area contributed by atoms with Gasteiger partial charge in [0.2, 0.25) is 0 Å². The maximum Gasteiger partial charge on any atom is 0.0559 e. The summed E-state index contributed by atoms with van der Waals surface area (Å²) in [4.78, 5) is 4.16. The molecule has 0 aromatic carbocycles. The number of nitrogens with zero attached hydrogens (tertiary/aromatic N) is 1. The van der Waals surface area contributed by atoms with Gasteiger partial charge in [-0.15, -0.1) is 0 Å². The zero-order chi connectivity index (χ0) is 11.5. The van der Waals surface area contributed by atoms with Crippen LogP contribution in [0, 0.1) is 5.92 Å². The normalized spacial score (nSPS) is 30.1. The Balaban J connectivity index is 2.22. The summed E-state index contributed by atoms with van der Waals surface area (Å²) in [5, 5.41) is 3.22. The number of nitrogens with one attached hydrogen (secondary N) is 1. The molecule has 3 heteroatoms. The van der Waals surface area contributed by atoms with Crippen molar-refractivity contribution in [3.8, 4) is 0 Å². The molecule has 2 unspecified atom stereocenters. The largest absolute Gasteiger partial charge is 0.387 e. The van der Waals surface area contributed by atoms with Crippen LogP contribution in [0.1, 0.15) is 37.7 Å². The van der Waals surface area contributed by atoms with Crippen molar-refractivity contribution in [3.63, 3.8) is 0 Å². The van der Waals surface area contributed by atoms with Crippen LogP contribution in [-0.2, 0) is 0 Å². The Bertz CT molecular complexity index is 341. The van der Waals surface area contributed by atoms with Crippen molar-refractivity contribution in [3.05, 3.63) is 24.0 Å². The predicted molar refractivity (Wildman–Crippen MR) is 67.5 cm³/mol. The van der Waals surface area contributed by atoms with Crippen LogP contribution < -0.4 is 11.1 Å². The molecule has 1 aromatic heterocycles. The van der Waals surface area contributed by atoms with Gasteiger partial charge in [0.05, 0.1) is 11.9 Å². The van der Waals surface area contributed by atoms with E-state index in [1.165, 1.54) is 12.0 Å². The molecular formula is C13H21N3. The van der Waals surface area contributed by atoms with E-state index in [9.17, 15) is 0 Å². The molecule has 0 bridgehead atoms. The average Bonchev–Trinajstić information content (AvgIpc) is 2.27. The molecule has 1 aliphatic rings. The lowest BCUT2D eigenvalue weighted by Gasteiger charge is -2.32. The second-order valence-corrected chi connectivity index (χ2v) is 4.98. The number of rotatable bonds is 2. The number of nitrogens with two attached hydrogens (primary N) is 1. The van der Waals surface area contributed by atoms with Crippen molar-refractivity contribution in [1.29, 1.82) is 0 Å². The highest BCUT2D eigenvalue weighted by Crippen LogP contribution is 2.37. The summed E-state index contributed by atoms with van der Waals surface area (Å²) in [7, 11) is 1.95. The molecule has 2 rings (SSSR count). The lowest BCUT2D eigenvalue weighted by Crippen LogP contribution is -2.31. The third-order valence-electron chi connectivity index (χ3n) is 3.54. The SMILES string of the molecule is CNc1cnccc1[C@@H]1CC(C)CC(N)C1. The zero-order valence-electron chi connectivity index (χ0n) is 10.1. The molecule has 3 N–H and O–H groups in total. The first-order chi connectivity index (χ1) is 7.70. The molecule has 88 valence electrons. The third-order valence-corrected chi connectivity index (χ3v) is 3.54. The first-order valence-corrected chi connectivity index (χ1v) is 6.08. The van der Waals surface area contributed by atoms with Gasteiger partial charge < -0.3 is 11.1 Å². The molecule has 3 atom stereocenters. The van der Waals surface area contributed by atoms with E-state index in [-0.39, 0.29) is 0 Å². The van der Waals surface area contributed by atoms with Crippen LogP contribution in [0.15, 0.2) is 18.5 Å². The van der Waals surface area contributed by atoms with Gasteiger partial charge in [-0.3, -0.25) is 4.98 Å². The molecule has 0 amide bonds. The third kappa shape index (κ3) is 2.35. The zero-order valence-corrected chi connectivity index (χ0v) is 10.1. The van der Waals surface area contributed by atoms with E-state index in [1.54, 1.807) is 0 Å². The Hall–Kier alpha value is -1.09. The standard InChI is InChI=1S/C13H21N3/c1-9-5-10(7-11(14)6-9)12-3-4-16-8-13(12)15-2/h3-4,8-11,15H,5-7,14H2,1-2H3/t9?,10-,11?/m1/s1. The molecule has 1 saturated carbocycles. The first-order valence-electron chi connectivity index (χ1n) is 6.08. The van der Waals surface area contributed by atoms with Gasteiger partial charge in [-0.1, -0.05) is 6.92 Å². The fourth-order valence-corrected chi connectivity index (χ4v) is 2.88. The summed E-state index contributed by atoms with van der Waals surface area (Å²) in [6, 6.07) is 2.48. The molecule has 0 saturated heterocycles. The maximum atomic E-state index is 6.11. The molecule has 0 spiro atoms. The summed E-state index contributed by atoms with van der Waals surface area (Å²) in [5.41, 5.74) is 8.63. The molecule has 0 aliphatic heterocycles. The molecule has 16 heavy (non-hydrogen) atoms. The minimum atomic E-state index is 0.353. The van der Waals surface area contributed by atoms with Crippen molar-refractivity contribution >= 4 is 5.69 Å². The van der Waals surface area contributed by atoms with E-state index in [1.807, 2.05) is 19.4 Å². The smallest absolute Gasteiger partial charge is 0.0559 e. The van der Waals surface area contributed by atoms with Crippen LogP contribution in [-0.4, -0.2) is 18.1 Å². The van der Waals surface area contributed by atoms with Gasteiger partial charge >= 0.3 is 0 Å². The van der Waals surface area contributed by atoms with Crippen molar-refractivity contribution < 1.29 is 0 Å². The molecule has 1 aromatic rings. The summed E-state index contributed by atoms with van der Waals surface area (Å²) >= 11 is 0. The summed E-state index contributed by atoms with van der Waals surface area (Å²) < 4.78 is 0. The molecule has 3 nitrogen and oxygen atoms in total. The van der Waals surface area contributed by atoms with Gasteiger partial charge in [0.25, 0.3) is 0 Å². The fourth-order valence-electron chi connectivity index (χ4n) is 2.88. The molecule has 1 fully saturated rings. The molecule has 1 heterocycles. The minimum Gasteiger partial charge on any atom is -0.387 e. The van der Waals surface area contributed by atoms with E-state index in [4.69, 9.17) is 5.73 Å². The minimum absolute atomic E-state index is 0.353. The second kappa shape index (κ2) is 4.83. The number of anilines is 1.